The third-order valence-electron chi connectivity index (χ3n) is 3.81. The highest BCUT2D eigenvalue weighted by Gasteiger charge is 2.19. The summed E-state index contributed by atoms with van der Waals surface area (Å²) in [4.78, 5) is 12.3. The van der Waals surface area contributed by atoms with Crippen LogP contribution in [0.3, 0.4) is 0 Å². The number of ether oxygens (including phenoxy) is 3. The first kappa shape index (κ1) is 21.8. The first-order valence-electron chi connectivity index (χ1n) is 7.69. The van der Waals surface area contributed by atoms with Crippen LogP contribution in [-0.4, -0.2) is 26.7 Å². The minimum atomic E-state index is -0.449. The van der Waals surface area contributed by atoms with Crippen LogP contribution in [-0.2, 0) is 4.79 Å². The number of carbonyl (C=O) groups excluding carboxylic acids is 1. The van der Waals surface area contributed by atoms with Gasteiger partial charge in [0.1, 0.15) is 11.5 Å². The molecule has 0 saturated heterocycles. The van der Waals surface area contributed by atoms with Crippen LogP contribution in [0.2, 0.25) is 20.1 Å². The van der Waals surface area contributed by atoms with E-state index in [-0.39, 0.29) is 22.4 Å². The molecule has 146 valence electrons. The van der Waals surface area contributed by atoms with Gasteiger partial charge in [0.15, 0.2) is 12.4 Å². The molecule has 0 unspecified atom stereocenters. The minimum Gasteiger partial charge on any atom is -0.495 e. The number of hydrogen-bond acceptors (Lipinski definition) is 4. The normalized spacial score (nSPS) is 10.5. The third kappa shape index (κ3) is 4.66. The Labute approximate surface area is 177 Å². The summed E-state index contributed by atoms with van der Waals surface area (Å²) in [6, 6.07) is 3.09. The van der Waals surface area contributed by atoms with Gasteiger partial charge in [-0.15, -0.1) is 0 Å². The zero-order valence-electron chi connectivity index (χ0n) is 15.0. The van der Waals surface area contributed by atoms with E-state index in [1.165, 1.54) is 20.3 Å². The topological polar surface area (TPSA) is 56.8 Å². The Morgan fingerprint density at radius 1 is 0.926 bits per heavy atom. The van der Waals surface area contributed by atoms with E-state index in [0.717, 1.165) is 0 Å². The summed E-state index contributed by atoms with van der Waals surface area (Å²) in [6.45, 7) is 3.16. The largest absolute Gasteiger partial charge is 0.495 e. The van der Waals surface area contributed by atoms with Gasteiger partial charge in [0.25, 0.3) is 5.91 Å². The van der Waals surface area contributed by atoms with E-state index in [0.29, 0.717) is 38.4 Å². The molecule has 0 fully saturated rings. The monoisotopic (exact) mass is 451 g/mol. The van der Waals surface area contributed by atoms with Crippen molar-refractivity contribution in [2.75, 3.05) is 26.1 Å². The second-order valence-corrected chi connectivity index (χ2v) is 7.09. The van der Waals surface area contributed by atoms with E-state index < -0.39 is 5.91 Å². The van der Waals surface area contributed by atoms with Crippen LogP contribution in [0, 0.1) is 13.8 Å². The lowest BCUT2D eigenvalue weighted by atomic mass is 10.1. The van der Waals surface area contributed by atoms with Gasteiger partial charge in [-0.3, -0.25) is 4.79 Å². The summed E-state index contributed by atoms with van der Waals surface area (Å²) in [5, 5.41) is 4.00. The summed E-state index contributed by atoms with van der Waals surface area (Å²) < 4.78 is 15.9. The number of methoxy groups -OCH3 is 2. The van der Waals surface area contributed by atoms with E-state index >= 15 is 0 Å². The highest BCUT2D eigenvalue weighted by molar-refractivity contribution is 6.42. The zero-order chi connectivity index (χ0) is 20.3. The zero-order valence-corrected chi connectivity index (χ0v) is 18.0. The Kier molecular flexibility index (Phi) is 7.34. The van der Waals surface area contributed by atoms with Gasteiger partial charge in [-0.1, -0.05) is 46.4 Å². The number of carbonyl (C=O) groups is 1. The predicted molar refractivity (Wildman–Crippen MR) is 110 cm³/mol. The maximum absolute atomic E-state index is 12.3. The SMILES string of the molecule is COc1cc(NC(=O)COc2c(Cl)c(C)c(Cl)c(C)c2Cl)c(OC)cc1Cl. The minimum absolute atomic E-state index is 0.202. The number of halogens is 4. The van der Waals surface area contributed by atoms with Crippen LogP contribution >= 0.6 is 46.4 Å². The van der Waals surface area contributed by atoms with Crippen molar-refractivity contribution in [2.45, 2.75) is 13.8 Å². The molecule has 0 aromatic heterocycles. The Balaban J connectivity index is 2.19. The van der Waals surface area contributed by atoms with Crippen molar-refractivity contribution in [3.05, 3.63) is 43.4 Å². The van der Waals surface area contributed by atoms with Crippen molar-refractivity contribution in [2.24, 2.45) is 0 Å². The Bertz CT molecular complexity index is 857. The van der Waals surface area contributed by atoms with E-state index in [1.807, 2.05) is 0 Å². The Morgan fingerprint density at radius 3 is 2.00 bits per heavy atom. The van der Waals surface area contributed by atoms with Crippen LogP contribution in [0.5, 0.6) is 17.2 Å². The molecule has 0 saturated carbocycles. The molecule has 9 heteroatoms. The molecule has 0 spiro atoms. The predicted octanol–water partition coefficient (Wildman–Crippen LogP) is 5.95. The molecular formula is C18H17Cl4NO4. The summed E-state index contributed by atoms with van der Waals surface area (Å²) in [7, 11) is 2.93. The molecule has 2 aromatic carbocycles. The lowest BCUT2D eigenvalue weighted by Crippen LogP contribution is -2.21. The second kappa shape index (κ2) is 9.11. The van der Waals surface area contributed by atoms with Gasteiger partial charge in [0, 0.05) is 17.2 Å². The fraction of sp³-hybridized carbons (Fsp3) is 0.278. The molecule has 0 aliphatic carbocycles. The third-order valence-corrected chi connectivity index (χ3v) is 5.58. The molecule has 1 N–H and O–H groups in total. The molecule has 27 heavy (non-hydrogen) atoms. The van der Waals surface area contributed by atoms with Crippen molar-refractivity contribution >= 4 is 58.0 Å². The second-order valence-electron chi connectivity index (χ2n) is 5.54. The van der Waals surface area contributed by atoms with Crippen LogP contribution in [0.25, 0.3) is 0 Å². The van der Waals surface area contributed by atoms with Gasteiger partial charge >= 0.3 is 0 Å². The first-order valence-corrected chi connectivity index (χ1v) is 9.20. The molecule has 5 nitrogen and oxygen atoms in total. The van der Waals surface area contributed by atoms with E-state index in [2.05, 4.69) is 5.32 Å². The Morgan fingerprint density at radius 2 is 1.48 bits per heavy atom. The lowest BCUT2D eigenvalue weighted by molar-refractivity contribution is -0.118. The molecule has 0 aliphatic rings. The quantitative estimate of drug-likeness (QED) is 0.588. The van der Waals surface area contributed by atoms with Gasteiger partial charge in [-0.25, -0.2) is 0 Å². The molecule has 0 aliphatic heterocycles. The number of hydrogen-bond donors (Lipinski definition) is 1. The maximum atomic E-state index is 12.3. The number of anilines is 1. The van der Waals surface area contributed by atoms with Crippen molar-refractivity contribution < 1.29 is 19.0 Å². The molecular weight excluding hydrogens is 436 g/mol. The molecule has 2 rings (SSSR count). The fourth-order valence-electron chi connectivity index (χ4n) is 2.32. The van der Waals surface area contributed by atoms with Gasteiger partial charge in [0.2, 0.25) is 0 Å². The van der Waals surface area contributed by atoms with Gasteiger partial charge in [0.05, 0.1) is 35.0 Å². The number of benzene rings is 2. The highest BCUT2D eigenvalue weighted by Crippen LogP contribution is 2.42. The molecule has 1 amide bonds. The van der Waals surface area contributed by atoms with Crippen LogP contribution in [0.15, 0.2) is 12.1 Å². The Hall–Kier alpha value is -1.53. The number of amides is 1. The van der Waals surface area contributed by atoms with Crippen LogP contribution < -0.4 is 19.5 Å². The molecule has 0 radical (unpaired) electrons. The standard InChI is InChI=1S/C18H17Cl4NO4/c1-8-15(20)9(2)17(22)18(16(8)21)27-7-14(24)23-11-6-12(25-3)10(19)5-13(11)26-4/h5-6H,7H2,1-4H3,(H,23,24). The first-order chi connectivity index (χ1) is 12.7. The average molecular weight is 453 g/mol. The van der Waals surface area contributed by atoms with Gasteiger partial charge in [-0.05, 0) is 25.0 Å². The molecule has 2 aromatic rings. The van der Waals surface area contributed by atoms with Crippen LogP contribution in [0.1, 0.15) is 11.1 Å². The lowest BCUT2D eigenvalue weighted by Gasteiger charge is -2.16. The van der Waals surface area contributed by atoms with Crippen molar-refractivity contribution in [3.8, 4) is 17.2 Å². The maximum Gasteiger partial charge on any atom is 0.262 e. The molecule has 0 atom stereocenters. The van der Waals surface area contributed by atoms with Gasteiger partial charge < -0.3 is 19.5 Å². The smallest absolute Gasteiger partial charge is 0.262 e. The van der Waals surface area contributed by atoms with Crippen molar-refractivity contribution in [1.29, 1.82) is 0 Å². The summed E-state index contributed by atoms with van der Waals surface area (Å²) in [6.07, 6.45) is 0. The summed E-state index contributed by atoms with van der Waals surface area (Å²) in [5.74, 6) is 0.524. The van der Waals surface area contributed by atoms with E-state index in [1.54, 1.807) is 19.9 Å². The number of rotatable bonds is 6. The molecule has 0 heterocycles. The highest BCUT2D eigenvalue weighted by atomic mass is 35.5. The summed E-state index contributed by atoms with van der Waals surface area (Å²) in [5.41, 5.74) is 1.63. The van der Waals surface area contributed by atoms with Crippen molar-refractivity contribution in [1.82, 2.24) is 0 Å². The van der Waals surface area contributed by atoms with Crippen molar-refractivity contribution in [3.63, 3.8) is 0 Å². The summed E-state index contributed by atoms with van der Waals surface area (Å²) >= 11 is 24.7. The van der Waals surface area contributed by atoms with E-state index in [9.17, 15) is 4.79 Å². The fourth-order valence-corrected chi connectivity index (χ4v) is 3.37. The average Bonchev–Trinajstić information content (AvgIpc) is 2.65. The van der Waals surface area contributed by atoms with E-state index in [4.69, 9.17) is 60.6 Å². The number of nitrogens with one attached hydrogen (secondary N) is 1. The molecule has 0 bridgehead atoms. The van der Waals surface area contributed by atoms with Gasteiger partial charge in [-0.2, -0.15) is 0 Å². The van der Waals surface area contributed by atoms with Crippen LogP contribution in [0.4, 0.5) is 5.69 Å².